The van der Waals surface area contributed by atoms with Crippen molar-refractivity contribution in [1.82, 2.24) is 4.98 Å². The van der Waals surface area contributed by atoms with Gasteiger partial charge in [0.25, 0.3) is 0 Å². The van der Waals surface area contributed by atoms with Gasteiger partial charge in [0, 0.05) is 40.4 Å². The van der Waals surface area contributed by atoms with Crippen LogP contribution in [0.2, 0.25) is 0 Å². The minimum atomic E-state index is -2.71. The predicted molar refractivity (Wildman–Crippen MR) is 132 cm³/mol. The van der Waals surface area contributed by atoms with Crippen molar-refractivity contribution in [3.8, 4) is 11.3 Å². The Bertz CT molecular complexity index is 2030. The lowest BCUT2D eigenvalue weighted by Gasteiger charge is -2.08. The number of hydrogen-bond acceptors (Lipinski definition) is 2. The normalized spacial score (nSPS) is 17.2. The van der Waals surface area contributed by atoms with Crippen LogP contribution in [0.15, 0.2) is 65.2 Å². The summed E-state index contributed by atoms with van der Waals surface area (Å²) >= 11 is 0. The van der Waals surface area contributed by atoms with Crippen LogP contribution in [0.25, 0.3) is 54.7 Å². The lowest BCUT2D eigenvalue weighted by molar-refractivity contribution is -0.660. The molecule has 0 aliphatic heterocycles. The largest absolute Gasteiger partial charge is 0.454 e. The Balaban J connectivity index is 1.82. The highest BCUT2D eigenvalue weighted by Crippen LogP contribution is 2.42. The third kappa shape index (κ3) is 2.54. The fraction of sp³-hybridized carbons (Fsp3) is 0.172. The molecule has 0 amide bonds. The average molecular weight is 427 g/mol. The summed E-state index contributed by atoms with van der Waals surface area (Å²) in [6.07, 6.45) is 1.29. The summed E-state index contributed by atoms with van der Waals surface area (Å²) < 4.78 is 81.0. The quantitative estimate of drug-likeness (QED) is 0.209. The second-order valence-electron chi connectivity index (χ2n) is 8.15. The van der Waals surface area contributed by atoms with Crippen LogP contribution >= 0.6 is 0 Å². The summed E-state index contributed by atoms with van der Waals surface area (Å²) in [5, 5.41) is 4.55. The van der Waals surface area contributed by atoms with Gasteiger partial charge in [-0.05, 0) is 55.3 Å². The number of aryl methyl sites for hydroxylation is 5. The molecular formula is C29H25N2O+. The predicted octanol–water partition coefficient (Wildman–Crippen LogP) is 7.01. The van der Waals surface area contributed by atoms with Crippen molar-refractivity contribution in [2.75, 3.05) is 0 Å². The fourth-order valence-corrected chi connectivity index (χ4v) is 4.70. The second kappa shape index (κ2) is 6.64. The highest BCUT2D eigenvalue weighted by molar-refractivity contribution is 6.24. The maximum Gasteiger partial charge on any atom is 0.218 e. The lowest BCUT2D eigenvalue weighted by Crippen LogP contribution is -2.31. The second-order valence-corrected chi connectivity index (χ2v) is 8.15. The summed E-state index contributed by atoms with van der Waals surface area (Å²) in [5.41, 5.74) is 1.05. The van der Waals surface area contributed by atoms with Gasteiger partial charge in [0.2, 0.25) is 5.69 Å². The number of rotatable bonds is 1. The molecule has 3 aromatic heterocycles. The first-order valence-electron chi connectivity index (χ1n) is 14.8. The molecule has 3 heteroatoms. The van der Waals surface area contributed by atoms with Gasteiger partial charge < -0.3 is 4.42 Å². The van der Waals surface area contributed by atoms with Crippen molar-refractivity contribution in [3.63, 3.8) is 0 Å². The summed E-state index contributed by atoms with van der Waals surface area (Å²) in [5.74, 6) is 0. The van der Waals surface area contributed by atoms with Crippen LogP contribution in [-0.4, -0.2) is 4.98 Å². The third-order valence-corrected chi connectivity index (χ3v) is 6.20. The van der Waals surface area contributed by atoms with Crippen molar-refractivity contribution < 1.29 is 21.3 Å². The Kier molecular flexibility index (Phi) is 2.44. The first-order chi connectivity index (χ1) is 19.1. The standard InChI is InChI=1S/C29H25N2O/c1-16-14-24(31(5)15-17(16)2)26-19(4)30-18(3)25-23-13-12-21-11-10-20-8-6-7-9-22(20)27(21)28(23)32-29(25)26/h6-15H,1-5H3/q+1/i1D3,2D3,3D3. The van der Waals surface area contributed by atoms with Crippen LogP contribution in [0.5, 0.6) is 0 Å². The van der Waals surface area contributed by atoms with Gasteiger partial charge in [-0.25, -0.2) is 4.57 Å². The minimum Gasteiger partial charge on any atom is -0.454 e. The Morgan fingerprint density at radius 1 is 0.812 bits per heavy atom. The molecule has 0 fully saturated rings. The maximum absolute atomic E-state index is 8.28. The maximum atomic E-state index is 8.28. The zero-order chi connectivity index (χ0) is 29.6. The molecular weight excluding hydrogens is 392 g/mol. The summed E-state index contributed by atoms with van der Waals surface area (Å²) in [7, 11) is 1.61. The SMILES string of the molecule is [2H]C([2H])([2H])c1cc(-c2c(C)nc(C([2H])([2H])[2H])c3c2oc2c3ccc3ccc4ccccc4c32)[n+](C)cc1C([2H])([2H])[2H]. The van der Waals surface area contributed by atoms with Crippen molar-refractivity contribution in [1.29, 1.82) is 0 Å². The van der Waals surface area contributed by atoms with E-state index < -0.39 is 20.6 Å². The van der Waals surface area contributed by atoms with Gasteiger partial charge in [0.05, 0.1) is 11.1 Å². The van der Waals surface area contributed by atoms with E-state index in [1.54, 1.807) is 14.0 Å². The molecule has 0 spiro atoms. The molecule has 3 aromatic carbocycles. The number of benzene rings is 3. The molecule has 0 saturated heterocycles. The smallest absolute Gasteiger partial charge is 0.218 e. The number of hydrogen-bond donors (Lipinski definition) is 0. The number of fused-ring (bicyclic) bond motifs is 7. The molecule has 0 saturated carbocycles. The molecule has 6 aromatic rings. The van der Waals surface area contributed by atoms with E-state index in [1.165, 1.54) is 16.8 Å². The minimum absolute atomic E-state index is 0.120. The number of furan rings is 1. The highest BCUT2D eigenvalue weighted by Gasteiger charge is 2.25. The molecule has 3 nitrogen and oxygen atoms in total. The molecule has 6 rings (SSSR count). The van der Waals surface area contributed by atoms with Crippen LogP contribution in [0, 0.1) is 27.5 Å². The van der Waals surface area contributed by atoms with E-state index in [4.69, 9.17) is 16.8 Å². The number of pyridine rings is 2. The summed E-state index contributed by atoms with van der Waals surface area (Å²) in [6, 6.07) is 16.9. The molecule has 0 aliphatic rings. The van der Waals surface area contributed by atoms with Crippen LogP contribution < -0.4 is 4.57 Å². The van der Waals surface area contributed by atoms with Crippen molar-refractivity contribution in [2.24, 2.45) is 7.05 Å². The Morgan fingerprint density at radius 3 is 2.47 bits per heavy atom. The van der Waals surface area contributed by atoms with Gasteiger partial charge in [-0.15, -0.1) is 0 Å². The highest BCUT2D eigenvalue weighted by atomic mass is 16.3. The van der Waals surface area contributed by atoms with E-state index in [1.807, 2.05) is 48.5 Å². The summed E-state index contributed by atoms with van der Waals surface area (Å²) in [6.45, 7) is -6.30. The number of aromatic nitrogens is 2. The lowest BCUT2D eigenvalue weighted by atomic mass is 9.98. The van der Waals surface area contributed by atoms with Gasteiger partial charge in [0.15, 0.2) is 11.8 Å². The van der Waals surface area contributed by atoms with Gasteiger partial charge in [0.1, 0.15) is 18.2 Å². The van der Waals surface area contributed by atoms with E-state index in [0.717, 1.165) is 21.5 Å². The molecule has 156 valence electrons. The molecule has 32 heavy (non-hydrogen) atoms. The molecule has 0 unspecified atom stereocenters. The number of nitrogens with zero attached hydrogens (tertiary/aromatic N) is 2. The zero-order valence-electron chi connectivity index (χ0n) is 26.6. The van der Waals surface area contributed by atoms with Crippen LogP contribution in [0.3, 0.4) is 0 Å². The fourth-order valence-electron chi connectivity index (χ4n) is 4.70. The monoisotopic (exact) mass is 426 g/mol. The van der Waals surface area contributed by atoms with Crippen molar-refractivity contribution in [2.45, 2.75) is 27.5 Å². The molecule has 0 atom stereocenters. The Hall–Kier alpha value is -3.72. The first kappa shape index (κ1) is 11.8. The van der Waals surface area contributed by atoms with Gasteiger partial charge in [-0.2, -0.15) is 0 Å². The van der Waals surface area contributed by atoms with E-state index in [0.29, 0.717) is 33.3 Å². The van der Waals surface area contributed by atoms with Gasteiger partial charge >= 0.3 is 0 Å². The zero-order valence-corrected chi connectivity index (χ0v) is 17.6. The first-order valence-corrected chi connectivity index (χ1v) is 10.3. The van der Waals surface area contributed by atoms with Gasteiger partial charge in [-0.3, -0.25) is 4.98 Å². The molecule has 0 N–H and O–H groups in total. The van der Waals surface area contributed by atoms with E-state index in [2.05, 4.69) is 4.98 Å². The summed E-state index contributed by atoms with van der Waals surface area (Å²) in [4.78, 5) is 4.53. The van der Waals surface area contributed by atoms with Crippen molar-refractivity contribution >= 4 is 43.5 Å². The average Bonchev–Trinajstić information content (AvgIpc) is 3.25. The van der Waals surface area contributed by atoms with E-state index in [-0.39, 0.29) is 22.4 Å². The van der Waals surface area contributed by atoms with Crippen LogP contribution in [0.1, 0.15) is 34.9 Å². The Labute approximate surface area is 199 Å². The van der Waals surface area contributed by atoms with Crippen molar-refractivity contribution in [3.05, 3.63) is 83.3 Å². The molecule has 3 heterocycles. The molecule has 0 bridgehead atoms. The molecule has 0 radical (unpaired) electrons. The third-order valence-electron chi connectivity index (χ3n) is 6.20. The van der Waals surface area contributed by atoms with Crippen LogP contribution in [-0.2, 0) is 7.05 Å². The van der Waals surface area contributed by atoms with Gasteiger partial charge in [-0.1, -0.05) is 42.5 Å². The van der Waals surface area contributed by atoms with E-state index in [9.17, 15) is 0 Å². The molecule has 0 aliphatic carbocycles. The van der Waals surface area contributed by atoms with E-state index >= 15 is 0 Å². The Morgan fingerprint density at radius 2 is 1.62 bits per heavy atom. The topological polar surface area (TPSA) is 29.9 Å². The van der Waals surface area contributed by atoms with Crippen LogP contribution in [0.4, 0.5) is 0 Å².